The van der Waals surface area contributed by atoms with Gasteiger partial charge in [0.1, 0.15) is 0 Å². The van der Waals surface area contributed by atoms with Gasteiger partial charge < -0.3 is 0 Å². The fourth-order valence-corrected chi connectivity index (χ4v) is 1.31. The van der Waals surface area contributed by atoms with Gasteiger partial charge in [0, 0.05) is 29.1 Å². The molecule has 0 rings (SSSR count). The minimum absolute atomic E-state index is 0.0867. The molecule has 14 heavy (non-hydrogen) atoms. The highest BCUT2D eigenvalue weighted by Gasteiger charge is 2.18. The van der Waals surface area contributed by atoms with Crippen LogP contribution in [0.4, 0.5) is 0 Å². The summed E-state index contributed by atoms with van der Waals surface area (Å²) in [4.78, 5) is 19.8. The van der Waals surface area contributed by atoms with Crippen LogP contribution in [0.25, 0.3) is 0 Å². The van der Waals surface area contributed by atoms with Gasteiger partial charge in [-0.05, 0) is 12.8 Å². The van der Waals surface area contributed by atoms with E-state index in [0.717, 1.165) is 6.42 Å². The molecule has 0 aliphatic heterocycles. The Bertz CT molecular complexity index is 196. The van der Waals surface area contributed by atoms with Crippen molar-refractivity contribution in [3.63, 3.8) is 0 Å². The summed E-state index contributed by atoms with van der Waals surface area (Å²) in [6.45, 7) is 1.81. The van der Waals surface area contributed by atoms with E-state index in [-0.39, 0.29) is 16.4 Å². The molecule has 82 valence electrons. The van der Waals surface area contributed by atoms with E-state index in [0.29, 0.717) is 25.7 Å². The van der Waals surface area contributed by atoms with Gasteiger partial charge in [0.2, 0.25) is 12.6 Å². The van der Waals surface area contributed by atoms with E-state index in [1.54, 1.807) is 0 Å². The molecule has 0 aliphatic carbocycles. The van der Waals surface area contributed by atoms with Crippen molar-refractivity contribution >= 4 is 0 Å². The first-order valence-electron chi connectivity index (χ1n) is 4.83. The summed E-state index contributed by atoms with van der Waals surface area (Å²) in [5, 5.41) is 20.5. The zero-order valence-corrected chi connectivity index (χ0v) is 8.35. The van der Waals surface area contributed by atoms with E-state index in [1.165, 1.54) is 0 Å². The zero-order chi connectivity index (χ0) is 11.0. The third kappa shape index (κ3) is 6.33. The van der Waals surface area contributed by atoms with Crippen LogP contribution in [0, 0.1) is 20.2 Å². The highest BCUT2D eigenvalue weighted by molar-refractivity contribution is 4.56. The summed E-state index contributed by atoms with van der Waals surface area (Å²) in [7, 11) is 0. The van der Waals surface area contributed by atoms with Gasteiger partial charge in [0.15, 0.2) is 0 Å². The summed E-state index contributed by atoms with van der Waals surface area (Å²) in [5.74, 6) is 0. The quantitative estimate of drug-likeness (QED) is 0.343. The second-order valence-corrected chi connectivity index (χ2v) is 3.28. The number of nitro groups is 2. The average molecular weight is 204 g/mol. The Balaban J connectivity index is 3.61. The molecule has 6 heteroatoms. The van der Waals surface area contributed by atoms with Crippen LogP contribution in [0.15, 0.2) is 0 Å². The molecule has 0 fully saturated rings. The van der Waals surface area contributed by atoms with Crippen LogP contribution < -0.4 is 0 Å². The Hall–Kier alpha value is -1.20. The van der Waals surface area contributed by atoms with Crippen molar-refractivity contribution in [1.82, 2.24) is 0 Å². The maximum Gasteiger partial charge on any atom is 0.213 e. The number of hydrogen-bond donors (Lipinski definition) is 0. The fraction of sp³-hybridized carbons (Fsp3) is 1.00. The number of hydrogen-bond acceptors (Lipinski definition) is 4. The van der Waals surface area contributed by atoms with Crippen molar-refractivity contribution in [2.45, 2.75) is 45.1 Å². The van der Waals surface area contributed by atoms with E-state index in [1.807, 2.05) is 6.92 Å². The van der Waals surface area contributed by atoms with Crippen LogP contribution in [0.3, 0.4) is 0 Å². The van der Waals surface area contributed by atoms with Crippen LogP contribution in [-0.4, -0.2) is 22.4 Å². The Morgan fingerprint density at radius 3 is 2.21 bits per heavy atom. The van der Waals surface area contributed by atoms with Crippen LogP contribution in [0.2, 0.25) is 0 Å². The lowest BCUT2D eigenvalue weighted by atomic mass is 10.1. The molecule has 0 saturated carbocycles. The SMILES string of the molecule is CCCC(CCCC[N+](=O)[O-])[N+](=O)[O-]. The third-order valence-corrected chi connectivity index (χ3v) is 2.05. The molecule has 0 amide bonds. The molecular weight excluding hydrogens is 188 g/mol. The largest absolute Gasteiger partial charge is 0.265 e. The van der Waals surface area contributed by atoms with Crippen LogP contribution in [0.5, 0.6) is 0 Å². The van der Waals surface area contributed by atoms with Crippen molar-refractivity contribution < 1.29 is 9.85 Å². The Morgan fingerprint density at radius 1 is 1.14 bits per heavy atom. The maximum absolute atomic E-state index is 10.5. The molecule has 0 aliphatic rings. The monoisotopic (exact) mass is 204 g/mol. The maximum atomic E-state index is 10.5. The normalized spacial score (nSPS) is 12.4. The molecule has 0 spiro atoms. The Morgan fingerprint density at radius 2 is 1.79 bits per heavy atom. The van der Waals surface area contributed by atoms with Crippen molar-refractivity contribution in [3.8, 4) is 0 Å². The average Bonchev–Trinajstić information content (AvgIpc) is 2.09. The standard InChI is InChI=1S/C8H16N2O4/c1-2-5-8(10(13)14)6-3-4-7-9(11)12/h8H,2-7H2,1H3. The first-order chi connectivity index (χ1) is 6.57. The van der Waals surface area contributed by atoms with Crippen molar-refractivity contribution in [2.24, 2.45) is 0 Å². The van der Waals surface area contributed by atoms with Crippen molar-refractivity contribution in [1.29, 1.82) is 0 Å². The van der Waals surface area contributed by atoms with Crippen molar-refractivity contribution in [3.05, 3.63) is 20.2 Å². The number of nitrogens with zero attached hydrogens (tertiary/aromatic N) is 2. The van der Waals surface area contributed by atoms with E-state index in [2.05, 4.69) is 0 Å². The molecule has 0 heterocycles. The first-order valence-corrected chi connectivity index (χ1v) is 4.83. The van der Waals surface area contributed by atoms with Gasteiger partial charge >= 0.3 is 0 Å². The molecule has 0 aromatic carbocycles. The lowest BCUT2D eigenvalue weighted by Crippen LogP contribution is -2.19. The highest BCUT2D eigenvalue weighted by atomic mass is 16.6. The van der Waals surface area contributed by atoms with Gasteiger partial charge in [0.25, 0.3) is 0 Å². The van der Waals surface area contributed by atoms with Gasteiger partial charge in [-0.1, -0.05) is 6.92 Å². The third-order valence-electron chi connectivity index (χ3n) is 2.05. The second kappa shape index (κ2) is 7.23. The van der Waals surface area contributed by atoms with E-state index in [9.17, 15) is 20.2 Å². The van der Waals surface area contributed by atoms with Crippen LogP contribution in [0.1, 0.15) is 39.0 Å². The minimum Gasteiger partial charge on any atom is -0.265 e. The summed E-state index contributed by atoms with van der Waals surface area (Å²) < 4.78 is 0. The molecular formula is C8H16N2O4. The molecule has 0 N–H and O–H groups in total. The predicted octanol–water partition coefficient (Wildman–Crippen LogP) is 1.88. The number of unbranched alkanes of at least 4 members (excludes halogenated alkanes) is 1. The molecule has 0 aromatic rings. The predicted molar refractivity (Wildman–Crippen MR) is 51.4 cm³/mol. The fourth-order valence-electron chi connectivity index (χ4n) is 1.31. The lowest BCUT2D eigenvalue weighted by molar-refractivity contribution is -0.525. The van der Waals surface area contributed by atoms with E-state index < -0.39 is 6.04 Å². The van der Waals surface area contributed by atoms with Crippen LogP contribution >= 0.6 is 0 Å². The van der Waals surface area contributed by atoms with Crippen LogP contribution in [-0.2, 0) is 0 Å². The molecule has 1 atom stereocenters. The molecule has 0 aromatic heterocycles. The molecule has 6 nitrogen and oxygen atoms in total. The van der Waals surface area contributed by atoms with E-state index in [4.69, 9.17) is 0 Å². The molecule has 1 unspecified atom stereocenters. The van der Waals surface area contributed by atoms with Gasteiger partial charge in [0.05, 0.1) is 0 Å². The van der Waals surface area contributed by atoms with Gasteiger partial charge in [-0.3, -0.25) is 20.2 Å². The van der Waals surface area contributed by atoms with Crippen molar-refractivity contribution in [2.75, 3.05) is 6.54 Å². The summed E-state index contributed by atoms with van der Waals surface area (Å²) in [6.07, 6.45) is 2.79. The molecule has 0 radical (unpaired) electrons. The topological polar surface area (TPSA) is 86.3 Å². The minimum atomic E-state index is -0.522. The summed E-state index contributed by atoms with van der Waals surface area (Å²) in [5.41, 5.74) is 0. The first kappa shape index (κ1) is 12.8. The lowest BCUT2D eigenvalue weighted by Gasteiger charge is -2.06. The molecule has 0 bridgehead atoms. The smallest absolute Gasteiger partial charge is 0.213 e. The van der Waals surface area contributed by atoms with Gasteiger partial charge in [-0.15, -0.1) is 0 Å². The molecule has 0 saturated heterocycles. The Kier molecular flexibility index (Phi) is 6.61. The van der Waals surface area contributed by atoms with Gasteiger partial charge in [-0.25, -0.2) is 0 Å². The number of rotatable bonds is 8. The van der Waals surface area contributed by atoms with Gasteiger partial charge in [-0.2, -0.15) is 0 Å². The second-order valence-electron chi connectivity index (χ2n) is 3.28. The Labute approximate surface area is 82.6 Å². The summed E-state index contributed by atoms with van der Waals surface area (Å²) in [6, 6.07) is -0.522. The zero-order valence-electron chi connectivity index (χ0n) is 8.35. The highest BCUT2D eigenvalue weighted by Crippen LogP contribution is 2.09. The van der Waals surface area contributed by atoms with E-state index >= 15 is 0 Å². The summed E-state index contributed by atoms with van der Waals surface area (Å²) >= 11 is 0.